The summed E-state index contributed by atoms with van der Waals surface area (Å²) in [4.78, 5) is 28.9. The van der Waals surface area contributed by atoms with Crippen molar-refractivity contribution < 1.29 is 18.1 Å². The number of hydrogen-bond donors (Lipinski definition) is 1. The summed E-state index contributed by atoms with van der Waals surface area (Å²) in [5, 5.41) is 11.4. The van der Waals surface area contributed by atoms with E-state index in [4.69, 9.17) is 23.2 Å². The molecule has 33 heavy (non-hydrogen) atoms. The summed E-state index contributed by atoms with van der Waals surface area (Å²) in [5.41, 5.74) is 0.517. The zero-order chi connectivity index (χ0) is 24.3. The van der Waals surface area contributed by atoms with Gasteiger partial charge >= 0.3 is 5.95 Å². The van der Waals surface area contributed by atoms with Gasteiger partial charge in [-0.05, 0) is 48.3 Å². The molecule has 0 spiro atoms. The lowest BCUT2D eigenvalue weighted by atomic mass is 9.98. The van der Waals surface area contributed by atoms with Gasteiger partial charge in [-0.1, -0.05) is 35.1 Å². The number of amides is 1. The lowest BCUT2D eigenvalue weighted by molar-refractivity contribution is -0.396. The first-order chi connectivity index (χ1) is 15.5. The third-order valence-corrected chi connectivity index (χ3v) is 8.05. The molecule has 1 aromatic heterocycles. The summed E-state index contributed by atoms with van der Waals surface area (Å²) in [5.74, 6) is -0.282. The number of hydrogen-bond acceptors (Lipinski definition) is 6. The lowest BCUT2D eigenvalue weighted by Crippen LogP contribution is -2.51. The van der Waals surface area contributed by atoms with Crippen molar-refractivity contribution in [1.29, 1.82) is 0 Å². The highest BCUT2D eigenvalue weighted by Crippen LogP contribution is 2.28. The number of nitro groups is 1. The normalized spacial score (nSPS) is 16.1. The van der Waals surface area contributed by atoms with E-state index in [0.717, 1.165) is 12.8 Å². The molecule has 0 aliphatic carbocycles. The minimum absolute atomic E-state index is 0.00842. The molecule has 1 aliphatic rings. The van der Waals surface area contributed by atoms with Crippen molar-refractivity contribution in [2.45, 2.75) is 50.6 Å². The number of sulfonamides is 1. The van der Waals surface area contributed by atoms with Gasteiger partial charge in [-0.25, -0.2) is 13.0 Å². The maximum absolute atomic E-state index is 13.3. The van der Waals surface area contributed by atoms with Gasteiger partial charge in [0.2, 0.25) is 15.9 Å². The molecule has 1 N–H and O–H groups in total. The Morgan fingerprint density at radius 2 is 1.97 bits per heavy atom. The highest BCUT2D eigenvalue weighted by atomic mass is 35.5. The second-order valence-corrected chi connectivity index (χ2v) is 10.7. The van der Waals surface area contributed by atoms with Gasteiger partial charge < -0.3 is 15.0 Å². The van der Waals surface area contributed by atoms with Crippen molar-refractivity contribution in [2.24, 2.45) is 5.92 Å². The molecule has 0 bridgehead atoms. The van der Waals surface area contributed by atoms with E-state index in [1.807, 2.05) is 0 Å². The third-order valence-electron chi connectivity index (χ3n) is 5.71. The van der Waals surface area contributed by atoms with Crippen LogP contribution >= 0.6 is 23.2 Å². The molecule has 1 aliphatic heterocycles. The minimum atomic E-state index is -4.19. The fourth-order valence-electron chi connectivity index (χ4n) is 3.69. The molecule has 3 rings (SSSR count). The molecule has 1 amide bonds. The number of halogens is 2. The van der Waals surface area contributed by atoms with E-state index < -0.39 is 21.0 Å². The molecule has 1 unspecified atom stereocenters. The summed E-state index contributed by atoms with van der Waals surface area (Å²) < 4.78 is 30.1. The van der Waals surface area contributed by atoms with Gasteiger partial charge in [0.1, 0.15) is 23.3 Å². The number of benzene rings is 1. The number of carbonyl (C=O) groups excluding carboxylic acids is 1. The predicted octanol–water partition coefficient (Wildman–Crippen LogP) is 3.40. The van der Waals surface area contributed by atoms with Crippen LogP contribution in [0.4, 0.5) is 5.95 Å². The van der Waals surface area contributed by atoms with E-state index in [2.05, 4.69) is 16.6 Å². The van der Waals surface area contributed by atoms with Crippen LogP contribution in [-0.2, 0) is 21.4 Å². The Kier molecular flexibility index (Phi) is 7.99. The van der Waals surface area contributed by atoms with Crippen LogP contribution in [0.3, 0.4) is 0 Å². The Hall–Kier alpha value is -2.21. The monoisotopic (exact) mass is 517 g/mol. The molecule has 0 radical (unpaired) electrons. The van der Waals surface area contributed by atoms with E-state index in [1.54, 1.807) is 11.8 Å². The minimum Gasteiger partial charge on any atom is -0.390 e. The standard InChI is InChI=1S/C20H25Cl2N5O5S/c1-13-3-7-25(8-4-13)19(28)17(5-9-26-10-6-23-20(26)27(29)30)24-33(31,32)18-11-14(2)15(21)12-16(18)22/h6,10-13,17,24H,3-5,7-9H2,1-2H3. The molecule has 1 atom stereocenters. The van der Waals surface area contributed by atoms with Crippen LogP contribution in [0.15, 0.2) is 29.4 Å². The van der Waals surface area contributed by atoms with Crippen LogP contribution in [0.5, 0.6) is 0 Å². The smallest absolute Gasteiger partial charge is 0.390 e. The fraction of sp³-hybridized carbons (Fsp3) is 0.500. The van der Waals surface area contributed by atoms with Crippen molar-refractivity contribution in [3.8, 4) is 0 Å². The van der Waals surface area contributed by atoms with Gasteiger partial charge in [0, 0.05) is 24.5 Å². The number of likely N-dealkylation sites (tertiary alicyclic amines) is 1. The second-order valence-electron chi connectivity index (χ2n) is 8.18. The molecular formula is C20H25Cl2N5O5S. The van der Waals surface area contributed by atoms with Crippen molar-refractivity contribution in [3.63, 3.8) is 0 Å². The maximum atomic E-state index is 13.3. The van der Waals surface area contributed by atoms with E-state index in [0.29, 0.717) is 29.6 Å². The molecule has 10 nitrogen and oxygen atoms in total. The first-order valence-corrected chi connectivity index (χ1v) is 12.7. The molecule has 13 heteroatoms. The highest BCUT2D eigenvalue weighted by Gasteiger charge is 2.32. The van der Waals surface area contributed by atoms with Crippen LogP contribution in [0, 0.1) is 23.0 Å². The molecule has 1 aromatic carbocycles. The maximum Gasteiger partial charge on any atom is 0.434 e. The summed E-state index contributed by atoms with van der Waals surface area (Å²) in [6.45, 7) is 4.81. The summed E-state index contributed by atoms with van der Waals surface area (Å²) >= 11 is 12.2. The average Bonchev–Trinajstić information content (AvgIpc) is 3.22. The molecule has 1 saturated heterocycles. The summed E-state index contributed by atoms with van der Waals surface area (Å²) in [6, 6.07) is 1.54. The average molecular weight is 518 g/mol. The Morgan fingerprint density at radius 1 is 1.30 bits per heavy atom. The zero-order valence-electron chi connectivity index (χ0n) is 18.2. The van der Waals surface area contributed by atoms with Crippen molar-refractivity contribution in [1.82, 2.24) is 19.2 Å². The molecular weight excluding hydrogens is 493 g/mol. The van der Waals surface area contributed by atoms with Gasteiger partial charge in [-0.3, -0.25) is 4.79 Å². The van der Waals surface area contributed by atoms with Gasteiger partial charge in [0.25, 0.3) is 0 Å². The number of piperidine rings is 1. The number of aryl methyl sites for hydroxylation is 2. The van der Waals surface area contributed by atoms with E-state index in [1.165, 1.54) is 29.1 Å². The van der Waals surface area contributed by atoms with Gasteiger partial charge in [-0.15, -0.1) is 0 Å². The molecule has 0 saturated carbocycles. The van der Waals surface area contributed by atoms with Crippen molar-refractivity contribution >= 4 is 45.1 Å². The molecule has 2 aromatic rings. The van der Waals surface area contributed by atoms with Gasteiger partial charge in [-0.2, -0.15) is 4.72 Å². The number of aromatic nitrogens is 2. The quantitative estimate of drug-likeness (QED) is 0.422. The topological polar surface area (TPSA) is 127 Å². The first kappa shape index (κ1) is 25.4. The predicted molar refractivity (Wildman–Crippen MR) is 124 cm³/mol. The van der Waals surface area contributed by atoms with Crippen molar-refractivity contribution in [2.75, 3.05) is 13.1 Å². The summed E-state index contributed by atoms with van der Waals surface area (Å²) in [6.07, 6.45) is 4.32. The summed E-state index contributed by atoms with van der Waals surface area (Å²) in [7, 11) is -4.19. The van der Waals surface area contributed by atoms with Crippen molar-refractivity contribution in [3.05, 3.63) is 50.2 Å². The Morgan fingerprint density at radius 3 is 2.61 bits per heavy atom. The van der Waals surface area contributed by atoms with E-state index >= 15 is 0 Å². The zero-order valence-corrected chi connectivity index (χ0v) is 20.5. The first-order valence-electron chi connectivity index (χ1n) is 10.4. The van der Waals surface area contributed by atoms with Crippen LogP contribution in [0.2, 0.25) is 10.0 Å². The Balaban J connectivity index is 1.87. The van der Waals surface area contributed by atoms with Gasteiger partial charge in [0.15, 0.2) is 0 Å². The van der Waals surface area contributed by atoms with Crippen LogP contribution in [0.1, 0.15) is 31.7 Å². The van der Waals surface area contributed by atoms with Crippen LogP contribution < -0.4 is 4.72 Å². The Bertz CT molecular complexity index is 1150. The van der Waals surface area contributed by atoms with E-state index in [-0.39, 0.29) is 34.7 Å². The number of imidazole rings is 1. The van der Waals surface area contributed by atoms with Crippen LogP contribution in [0.25, 0.3) is 0 Å². The van der Waals surface area contributed by atoms with Gasteiger partial charge in [0.05, 0.1) is 11.6 Å². The second kappa shape index (κ2) is 10.4. The van der Waals surface area contributed by atoms with Crippen LogP contribution in [-0.4, -0.2) is 52.8 Å². The Labute approximate surface area is 202 Å². The third kappa shape index (κ3) is 6.03. The number of nitrogens with one attached hydrogen (secondary N) is 1. The highest BCUT2D eigenvalue weighted by molar-refractivity contribution is 7.89. The number of nitrogens with zero attached hydrogens (tertiary/aromatic N) is 4. The largest absolute Gasteiger partial charge is 0.434 e. The number of rotatable bonds is 8. The molecule has 180 valence electrons. The lowest BCUT2D eigenvalue weighted by Gasteiger charge is -2.33. The SMILES string of the molecule is Cc1cc(S(=O)(=O)NC(CCn2ccnc2[N+](=O)[O-])C(=O)N2CCC(C)CC2)c(Cl)cc1Cl. The molecule has 1 fully saturated rings. The number of carbonyl (C=O) groups is 1. The fourth-order valence-corrected chi connectivity index (χ4v) is 5.74. The molecule has 2 heterocycles. The van der Waals surface area contributed by atoms with E-state index in [9.17, 15) is 23.3 Å².